The summed E-state index contributed by atoms with van der Waals surface area (Å²) < 4.78 is 21.9. The first-order valence-electron chi connectivity index (χ1n) is 8.90. The van der Waals surface area contributed by atoms with Crippen LogP contribution in [0.25, 0.3) is 21.8 Å². The summed E-state index contributed by atoms with van der Waals surface area (Å²) in [6.07, 6.45) is 0. The normalized spacial score (nSPS) is 11.1. The maximum absolute atomic E-state index is 15.0. The molecule has 1 aromatic heterocycles. The molecule has 0 atom stereocenters. The Balaban J connectivity index is 2.11. The van der Waals surface area contributed by atoms with Crippen molar-refractivity contribution < 1.29 is 23.8 Å². The second-order valence-corrected chi connectivity index (χ2v) is 6.54. The predicted octanol–water partition coefficient (Wildman–Crippen LogP) is 2.98. The number of amides is 1. The van der Waals surface area contributed by atoms with Gasteiger partial charge in [0.05, 0.1) is 16.4 Å². The molecule has 0 aliphatic rings. The van der Waals surface area contributed by atoms with Gasteiger partial charge in [0.25, 0.3) is 0 Å². The van der Waals surface area contributed by atoms with Crippen LogP contribution in [0.15, 0.2) is 60.7 Å². The second-order valence-electron chi connectivity index (χ2n) is 6.54. The molecule has 3 N–H and O–H groups in total. The van der Waals surface area contributed by atoms with Crippen molar-refractivity contribution in [2.75, 3.05) is 6.61 Å². The summed E-state index contributed by atoms with van der Waals surface area (Å²) in [4.78, 5) is 23.8. The van der Waals surface area contributed by atoms with Crippen LogP contribution < -0.4 is 10.5 Å². The minimum atomic E-state index is -0.890. The van der Waals surface area contributed by atoms with Gasteiger partial charge in [-0.2, -0.15) is 0 Å². The standard InChI is InChI=1S/C22H17FN2O4/c23-15-9-10-17(29-18(27)12-26)20-19-14(22(24)28)7-4-8-16(19)25(21(15)20)11-13-5-2-1-3-6-13/h1-10,26H,11-12H2,(H2,24,28). The Morgan fingerprint density at radius 1 is 1.00 bits per heavy atom. The maximum Gasteiger partial charge on any atom is 0.337 e. The Kier molecular flexibility index (Phi) is 4.74. The van der Waals surface area contributed by atoms with Crippen LogP contribution in [0, 0.1) is 5.82 Å². The van der Waals surface area contributed by atoms with Gasteiger partial charge in [0.2, 0.25) is 5.91 Å². The summed E-state index contributed by atoms with van der Waals surface area (Å²) in [6.45, 7) is -0.498. The number of carbonyl (C=O) groups excluding carboxylic acids is 2. The molecule has 0 radical (unpaired) electrons. The van der Waals surface area contributed by atoms with Crippen molar-refractivity contribution in [3.63, 3.8) is 0 Å². The van der Waals surface area contributed by atoms with E-state index in [1.807, 2.05) is 30.3 Å². The molecule has 4 aromatic rings. The van der Waals surface area contributed by atoms with Gasteiger partial charge in [-0.05, 0) is 29.8 Å². The first-order valence-corrected chi connectivity index (χ1v) is 8.90. The Morgan fingerprint density at radius 3 is 2.45 bits per heavy atom. The highest BCUT2D eigenvalue weighted by Gasteiger charge is 2.23. The molecule has 29 heavy (non-hydrogen) atoms. The number of aliphatic hydroxyl groups is 1. The number of ether oxygens (including phenoxy) is 1. The summed E-state index contributed by atoms with van der Waals surface area (Å²) in [5, 5.41) is 9.70. The van der Waals surface area contributed by atoms with Crippen LogP contribution in [-0.4, -0.2) is 28.2 Å². The number of aromatic nitrogens is 1. The number of halogens is 1. The zero-order chi connectivity index (χ0) is 20.5. The van der Waals surface area contributed by atoms with Crippen molar-refractivity contribution in [3.05, 3.63) is 77.6 Å². The van der Waals surface area contributed by atoms with Gasteiger partial charge in [-0.3, -0.25) is 4.79 Å². The Bertz CT molecular complexity index is 1250. The first-order chi connectivity index (χ1) is 14.0. The molecule has 0 saturated heterocycles. The molecule has 0 bridgehead atoms. The molecule has 1 heterocycles. The number of primary amides is 1. The summed E-state index contributed by atoms with van der Waals surface area (Å²) in [7, 11) is 0. The molecule has 0 unspecified atom stereocenters. The fourth-order valence-electron chi connectivity index (χ4n) is 3.58. The molecule has 3 aromatic carbocycles. The van der Waals surface area contributed by atoms with Gasteiger partial charge in [0, 0.05) is 17.5 Å². The molecule has 7 heteroatoms. The number of rotatable bonds is 5. The molecule has 0 aliphatic heterocycles. The number of esters is 1. The lowest BCUT2D eigenvalue weighted by Crippen LogP contribution is -2.13. The minimum absolute atomic E-state index is 0.0472. The van der Waals surface area contributed by atoms with Crippen LogP contribution in [0.1, 0.15) is 15.9 Å². The van der Waals surface area contributed by atoms with Crippen molar-refractivity contribution >= 4 is 33.7 Å². The van der Waals surface area contributed by atoms with E-state index in [0.717, 1.165) is 5.56 Å². The number of benzene rings is 3. The van der Waals surface area contributed by atoms with Crippen molar-refractivity contribution in [2.24, 2.45) is 5.73 Å². The fraction of sp³-hybridized carbons (Fsp3) is 0.0909. The number of hydrogen-bond donors (Lipinski definition) is 2. The average Bonchev–Trinajstić information content (AvgIpc) is 3.06. The average molecular weight is 392 g/mol. The lowest BCUT2D eigenvalue weighted by Gasteiger charge is -2.09. The van der Waals surface area contributed by atoms with Crippen LogP contribution in [0.2, 0.25) is 0 Å². The number of carbonyl (C=O) groups is 2. The van der Waals surface area contributed by atoms with E-state index >= 15 is 0 Å². The monoisotopic (exact) mass is 392 g/mol. The van der Waals surface area contributed by atoms with Gasteiger partial charge in [-0.1, -0.05) is 36.4 Å². The van der Waals surface area contributed by atoms with Gasteiger partial charge < -0.3 is 20.1 Å². The van der Waals surface area contributed by atoms with E-state index in [1.54, 1.807) is 22.8 Å². The van der Waals surface area contributed by atoms with Crippen molar-refractivity contribution in [2.45, 2.75) is 6.54 Å². The van der Waals surface area contributed by atoms with Crippen LogP contribution in [0.3, 0.4) is 0 Å². The van der Waals surface area contributed by atoms with Crippen LogP contribution >= 0.6 is 0 Å². The highest BCUT2D eigenvalue weighted by molar-refractivity contribution is 6.20. The quantitative estimate of drug-likeness (QED) is 0.403. The van der Waals surface area contributed by atoms with E-state index in [0.29, 0.717) is 17.4 Å². The lowest BCUT2D eigenvalue weighted by atomic mass is 10.1. The smallest absolute Gasteiger partial charge is 0.337 e. The Labute approximate surface area is 164 Å². The topological polar surface area (TPSA) is 94.6 Å². The predicted molar refractivity (Wildman–Crippen MR) is 106 cm³/mol. The lowest BCUT2D eigenvalue weighted by molar-refractivity contribution is -0.137. The number of fused-ring (bicyclic) bond motifs is 3. The van der Waals surface area contributed by atoms with Gasteiger partial charge >= 0.3 is 5.97 Å². The fourth-order valence-corrected chi connectivity index (χ4v) is 3.58. The molecular weight excluding hydrogens is 375 g/mol. The third-order valence-corrected chi connectivity index (χ3v) is 4.75. The first kappa shape index (κ1) is 18.6. The molecule has 0 aliphatic carbocycles. The van der Waals surface area contributed by atoms with Crippen molar-refractivity contribution in [1.82, 2.24) is 4.57 Å². The third kappa shape index (κ3) is 3.21. The van der Waals surface area contributed by atoms with E-state index in [4.69, 9.17) is 15.6 Å². The number of nitrogens with two attached hydrogens (primary N) is 1. The zero-order valence-electron chi connectivity index (χ0n) is 15.3. The number of hydrogen-bond acceptors (Lipinski definition) is 4. The molecule has 6 nitrogen and oxygen atoms in total. The van der Waals surface area contributed by atoms with Gasteiger partial charge in [-0.25, -0.2) is 9.18 Å². The minimum Gasteiger partial charge on any atom is -0.424 e. The molecule has 1 amide bonds. The van der Waals surface area contributed by atoms with Gasteiger partial charge in [-0.15, -0.1) is 0 Å². The Hall–Kier alpha value is -3.71. The van der Waals surface area contributed by atoms with E-state index in [1.165, 1.54) is 12.1 Å². The van der Waals surface area contributed by atoms with Crippen LogP contribution in [0.4, 0.5) is 4.39 Å². The zero-order valence-corrected chi connectivity index (χ0v) is 15.3. The summed E-state index contributed by atoms with van der Waals surface area (Å²) in [6, 6.07) is 16.9. The molecular formula is C22H17FN2O4. The van der Waals surface area contributed by atoms with Gasteiger partial charge in [0.15, 0.2) is 0 Å². The molecule has 0 saturated carbocycles. The summed E-state index contributed by atoms with van der Waals surface area (Å²) in [5.41, 5.74) is 7.43. The highest BCUT2D eigenvalue weighted by Crippen LogP contribution is 2.39. The van der Waals surface area contributed by atoms with Crippen LogP contribution in [-0.2, 0) is 11.3 Å². The SMILES string of the molecule is NC(=O)c1cccc2c1c1c(OC(=O)CO)ccc(F)c1n2Cc1ccccc1. The Morgan fingerprint density at radius 2 is 1.76 bits per heavy atom. The van der Waals surface area contributed by atoms with E-state index in [2.05, 4.69) is 0 Å². The van der Waals surface area contributed by atoms with Crippen molar-refractivity contribution in [3.8, 4) is 5.75 Å². The third-order valence-electron chi connectivity index (χ3n) is 4.75. The number of nitrogens with zero attached hydrogens (tertiary/aromatic N) is 1. The maximum atomic E-state index is 15.0. The molecule has 146 valence electrons. The number of aliphatic hydroxyl groups excluding tert-OH is 1. The van der Waals surface area contributed by atoms with Crippen LogP contribution in [0.5, 0.6) is 5.75 Å². The highest BCUT2D eigenvalue weighted by atomic mass is 19.1. The molecule has 4 rings (SSSR count). The van der Waals surface area contributed by atoms with E-state index in [9.17, 15) is 14.0 Å². The second kappa shape index (κ2) is 7.37. The molecule has 0 fully saturated rings. The van der Waals surface area contributed by atoms with E-state index < -0.39 is 24.3 Å². The molecule has 0 spiro atoms. The summed E-state index contributed by atoms with van der Waals surface area (Å²) >= 11 is 0. The largest absolute Gasteiger partial charge is 0.424 e. The van der Waals surface area contributed by atoms with Gasteiger partial charge in [0.1, 0.15) is 18.2 Å². The van der Waals surface area contributed by atoms with E-state index in [-0.39, 0.29) is 22.2 Å². The van der Waals surface area contributed by atoms with Crippen molar-refractivity contribution in [1.29, 1.82) is 0 Å². The summed E-state index contributed by atoms with van der Waals surface area (Å²) in [5.74, 6) is -2.06.